The second-order valence-corrected chi connectivity index (χ2v) is 6.99. The molecule has 0 spiro atoms. The lowest BCUT2D eigenvalue weighted by molar-refractivity contribution is 0.567. The van der Waals surface area contributed by atoms with Gasteiger partial charge in [0, 0.05) is 0 Å². The van der Waals surface area contributed by atoms with E-state index in [2.05, 4.69) is 50.4 Å². The summed E-state index contributed by atoms with van der Waals surface area (Å²) in [5.41, 5.74) is 3.61. The molecule has 0 heterocycles. The third kappa shape index (κ3) is 3.42. The van der Waals surface area contributed by atoms with Gasteiger partial charge in [0.1, 0.15) is 0 Å². The van der Waals surface area contributed by atoms with Crippen molar-refractivity contribution in [1.82, 2.24) is 5.32 Å². The van der Waals surface area contributed by atoms with Gasteiger partial charge in [-0.1, -0.05) is 80.4 Å². The molecule has 0 bridgehead atoms. The first-order valence-electron chi connectivity index (χ1n) is 7.07. The van der Waals surface area contributed by atoms with E-state index in [0.29, 0.717) is 10.0 Å². The van der Waals surface area contributed by atoms with Gasteiger partial charge in [0.15, 0.2) is 0 Å². The van der Waals surface area contributed by atoms with E-state index in [9.17, 15) is 0 Å². The fourth-order valence-electron chi connectivity index (χ4n) is 2.65. The minimum Gasteiger partial charge on any atom is -0.309 e. The Balaban J connectivity index is 2.60. The highest BCUT2D eigenvalue weighted by Gasteiger charge is 2.24. The summed E-state index contributed by atoms with van der Waals surface area (Å²) >= 11 is 12.6. The van der Waals surface area contributed by atoms with Crippen LogP contribution < -0.4 is 5.32 Å². The summed E-state index contributed by atoms with van der Waals surface area (Å²) in [5.74, 6) is 0. The predicted molar refractivity (Wildman–Crippen MR) is 92.5 cm³/mol. The molecule has 0 aliphatic rings. The predicted octanol–water partition coefficient (Wildman–Crippen LogP) is 5.60. The van der Waals surface area contributed by atoms with Gasteiger partial charge in [-0.15, -0.1) is 0 Å². The van der Waals surface area contributed by atoms with E-state index in [1.165, 1.54) is 11.1 Å². The van der Waals surface area contributed by atoms with Crippen LogP contribution in [0.3, 0.4) is 0 Å². The summed E-state index contributed by atoms with van der Waals surface area (Å²) in [4.78, 5) is 0. The van der Waals surface area contributed by atoms with E-state index in [4.69, 9.17) is 23.2 Å². The second kappa shape index (κ2) is 6.39. The average Bonchev–Trinajstić information content (AvgIpc) is 2.44. The minimum atomic E-state index is 0.0200. The molecular formula is C18H21Cl2N. The van der Waals surface area contributed by atoms with Gasteiger partial charge in [-0.3, -0.25) is 0 Å². The first-order chi connectivity index (χ1) is 9.86. The molecule has 1 N–H and O–H groups in total. The number of hydrogen-bond donors (Lipinski definition) is 1. The molecule has 1 nitrogen and oxygen atoms in total. The van der Waals surface area contributed by atoms with Crippen LogP contribution in [0.15, 0.2) is 42.5 Å². The molecule has 1 atom stereocenters. The summed E-state index contributed by atoms with van der Waals surface area (Å²) in [7, 11) is 1.95. The topological polar surface area (TPSA) is 12.0 Å². The van der Waals surface area contributed by atoms with Crippen molar-refractivity contribution in [2.45, 2.75) is 32.2 Å². The summed E-state index contributed by atoms with van der Waals surface area (Å²) in [5, 5.41) is 4.57. The van der Waals surface area contributed by atoms with Crippen molar-refractivity contribution < 1.29 is 0 Å². The Morgan fingerprint density at radius 3 is 2.14 bits per heavy atom. The van der Waals surface area contributed by atoms with E-state index in [1.54, 1.807) is 0 Å². The fraction of sp³-hybridized carbons (Fsp3) is 0.333. The van der Waals surface area contributed by atoms with Gasteiger partial charge in [0.25, 0.3) is 0 Å². The van der Waals surface area contributed by atoms with Crippen molar-refractivity contribution in [3.8, 4) is 0 Å². The summed E-state index contributed by atoms with van der Waals surface area (Å²) in [6.45, 7) is 6.66. The van der Waals surface area contributed by atoms with E-state index < -0.39 is 0 Å². The van der Waals surface area contributed by atoms with Crippen LogP contribution in [0, 0.1) is 0 Å². The Kier molecular flexibility index (Phi) is 4.98. The van der Waals surface area contributed by atoms with E-state index in [0.717, 1.165) is 5.56 Å². The average molecular weight is 322 g/mol. The van der Waals surface area contributed by atoms with Crippen LogP contribution in [0.4, 0.5) is 0 Å². The molecule has 2 aromatic rings. The van der Waals surface area contributed by atoms with Gasteiger partial charge >= 0.3 is 0 Å². The van der Waals surface area contributed by atoms with Crippen molar-refractivity contribution in [1.29, 1.82) is 0 Å². The first kappa shape index (κ1) is 16.4. The Hall–Kier alpha value is -1.02. The van der Waals surface area contributed by atoms with Gasteiger partial charge in [0.05, 0.1) is 16.1 Å². The van der Waals surface area contributed by atoms with Crippen molar-refractivity contribution in [3.63, 3.8) is 0 Å². The number of halogens is 2. The molecule has 0 saturated heterocycles. The van der Waals surface area contributed by atoms with Crippen LogP contribution in [-0.2, 0) is 5.41 Å². The highest BCUT2D eigenvalue weighted by Crippen LogP contribution is 2.37. The molecule has 0 aliphatic carbocycles. The SMILES string of the molecule is CNC(c1ccccc1C(C)(C)C)c1cccc(Cl)c1Cl. The second-order valence-electron chi connectivity index (χ2n) is 6.20. The normalized spacial score (nSPS) is 13.2. The molecule has 0 aliphatic heterocycles. The molecule has 3 heteroatoms. The highest BCUT2D eigenvalue weighted by molar-refractivity contribution is 6.42. The number of hydrogen-bond acceptors (Lipinski definition) is 1. The van der Waals surface area contributed by atoms with Crippen LogP contribution in [0.1, 0.15) is 43.5 Å². The highest BCUT2D eigenvalue weighted by atomic mass is 35.5. The molecule has 0 saturated carbocycles. The van der Waals surface area contributed by atoms with Crippen LogP contribution in [0.5, 0.6) is 0 Å². The minimum absolute atomic E-state index is 0.0200. The molecule has 112 valence electrons. The Morgan fingerprint density at radius 2 is 1.52 bits per heavy atom. The quantitative estimate of drug-likeness (QED) is 0.775. The summed E-state index contributed by atoms with van der Waals surface area (Å²) in [6, 6.07) is 14.3. The smallest absolute Gasteiger partial charge is 0.0643 e. The van der Waals surface area contributed by atoms with Crippen LogP contribution in [0.25, 0.3) is 0 Å². The molecular weight excluding hydrogens is 301 g/mol. The van der Waals surface area contributed by atoms with Crippen molar-refractivity contribution in [3.05, 3.63) is 69.2 Å². The summed E-state index contributed by atoms with van der Waals surface area (Å²) in [6.07, 6.45) is 0. The third-order valence-corrected chi connectivity index (χ3v) is 4.49. The lowest BCUT2D eigenvalue weighted by atomic mass is 9.80. The Morgan fingerprint density at radius 1 is 0.905 bits per heavy atom. The van der Waals surface area contributed by atoms with Crippen LogP contribution in [0.2, 0.25) is 10.0 Å². The largest absolute Gasteiger partial charge is 0.309 e. The maximum Gasteiger partial charge on any atom is 0.0643 e. The van der Waals surface area contributed by atoms with Crippen molar-refractivity contribution in [2.75, 3.05) is 7.05 Å². The molecule has 0 amide bonds. The van der Waals surface area contributed by atoms with Gasteiger partial charge in [-0.05, 0) is 35.2 Å². The molecule has 0 radical (unpaired) electrons. The van der Waals surface area contributed by atoms with E-state index in [-0.39, 0.29) is 11.5 Å². The monoisotopic (exact) mass is 321 g/mol. The lowest BCUT2D eigenvalue weighted by Crippen LogP contribution is -2.23. The molecule has 0 fully saturated rings. The van der Waals surface area contributed by atoms with Gasteiger partial charge in [-0.2, -0.15) is 0 Å². The molecule has 21 heavy (non-hydrogen) atoms. The number of rotatable bonds is 3. The molecule has 2 aromatic carbocycles. The Labute approximate surface area is 137 Å². The van der Waals surface area contributed by atoms with E-state index >= 15 is 0 Å². The zero-order valence-electron chi connectivity index (χ0n) is 12.9. The van der Waals surface area contributed by atoms with Gasteiger partial charge in [-0.25, -0.2) is 0 Å². The van der Waals surface area contributed by atoms with Crippen molar-refractivity contribution in [2.24, 2.45) is 0 Å². The maximum atomic E-state index is 6.41. The first-order valence-corrected chi connectivity index (χ1v) is 7.82. The van der Waals surface area contributed by atoms with Crippen LogP contribution >= 0.6 is 23.2 Å². The number of benzene rings is 2. The molecule has 2 rings (SSSR count). The maximum absolute atomic E-state index is 6.41. The zero-order valence-corrected chi connectivity index (χ0v) is 14.4. The number of nitrogens with one attached hydrogen (secondary N) is 1. The van der Waals surface area contributed by atoms with E-state index in [1.807, 2.05) is 25.2 Å². The zero-order chi connectivity index (χ0) is 15.6. The standard InChI is InChI=1S/C18H21Cl2N/c1-18(2,3)14-10-6-5-8-12(14)17(21-4)13-9-7-11-15(19)16(13)20/h5-11,17,21H,1-4H3. The van der Waals surface area contributed by atoms with Crippen LogP contribution in [-0.4, -0.2) is 7.05 Å². The van der Waals surface area contributed by atoms with Gasteiger partial charge < -0.3 is 5.32 Å². The Bertz CT molecular complexity index is 629. The third-order valence-electron chi connectivity index (χ3n) is 3.66. The fourth-order valence-corrected chi connectivity index (χ4v) is 3.07. The summed E-state index contributed by atoms with van der Waals surface area (Å²) < 4.78 is 0. The molecule has 0 aromatic heterocycles. The lowest BCUT2D eigenvalue weighted by Gasteiger charge is -2.28. The van der Waals surface area contributed by atoms with Gasteiger partial charge in [0.2, 0.25) is 0 Å². The molecule has 1 unspecified atom stereocenters. The van der Waals surface area contributed by atoms with Crippen molar-refractivity contribution >= 4 is 23.2 Å².